The maximum Gasteiger partial charge on any atom is 0.279 e. The van der Waals surface area contributed by atoms with Crippen LogP contribution in [0.25, 0.3) is 10.2 Å². The highest BCUT2D eigenvalue weighted by atomic mass is 35.5. The Bertz CT molecular complexity index is 1080. The summed E-state index contributed by atoms with van der Waals surface area (Å²) >= 11 is 7.68. The standard InChI is InChI=1S/C19H19ClN2O4S/c1-10-6-7-12(20)17-15(10)22(2)19(27-17)21-18(23)11-8-13(24-3)16(26-5)14(9-11)25-4/h6-9H,1-5H3. The lowest BCUT2D eigenvalue weighted by Gasteiger charge is -2.12. The van der Waals surface area contributed by atoms with Gasteiger partial charge in [0.15, 0.2) is 16.3 Å². The zero-order valence-electron chi connectivity index (χ0n) is 15.6. The smallest absolute Gasteiger partial charge is 0.279 e. The Kier molecular flexibility index (Phi) is 5.43. The normalized spacial score (nSPS) is 11.7. The molecule has 0 spiro atoms. The summed E-state index contributed by atoms with van der Waals surface area (Å²) in [5, 5.41) is 0.637. The molecule has 27 heavy (non-hydrogen) atoms. The van der Waals surface area contributed by atoms with E-state index >= 15 is 0 Å². The number of amides is 1. The summed E-state index contributed by atoms with van der Waals surface area (Å²) in [7, 11) is 6.37. The van der Waals surface area contributed by atoms with Crippen molar-refractivity contribution < 1.29 is 19.0 Å². The minimum atomic E-state index is -0.412. The lowest BCUT2D eigenvalue weighted by atomic mass is 10.1. The monoisotopic (exact) mass is 406 g/mol. The van der Waals surface area contributed by atoms with Crippen LogP contribution in [0.4, 0.5) is 0 Å². The molecular formula is C19H19ClN2O4S. The molecule has 3 aromatic rings. The van der Waals surface area contributed by atoms with E-state index in [1.54, 1.807) is 12.1 Å². The zero-order valence-corrected chi connectivity index (χ0v) is 17.2. The van der Waals surface area contributed by atoms with Crippen LogP contribution in [0, 0.1) is 6.92 Å². The number of thiazole rings is 1. The van der Waals surface area contributed by atoms with Gasteiger partial charge >= 0.3 is 0 Å². The lowest BCUT2D eigenvalue weighted by Crippen LogP contribution is -2.14. The fourth-order valence-electron chi connectivity index (χ4n) is 2.87. The predicted molar refractivity (Wildman–Crippen MR) is 107 cm³/mol. The van der Waals surface area contributed by atoms with E-state index in [0.717, 1.165) is 15.8 Å². The van der Waals surface area contributed by atoms with Crippen molar-refractivity contribution in [1.29, 1.82) is 0 Å². The van der Waals surface area contributed by atoms with Crippen molar-refractivity contribution in [2.24, 2.45) is 12.0 Å². The van der Waals surface area contributed by atoms with E-state index in [1.165, 1.54) is 32.7 Å². The number of nitrogens with zero attached hydrogens (tertiary/aromatic N) is 2. The first-order valence-electron chi connectivity index (χ1n) is 8.05. The van der Waals surface area contributed by atoms with E-state index < -0.39 is 5.91 Å². The fourth-order valence-corrected chi connectivity index (χ4v) is 4.24. The summed E-state index contributed by atoms with van der Waals surface area (Å²) in [6, 6.07) is 6.96. The highest BCUT2D eigenvalue weighted by Gasteiger charge is 2.17. The third-order valence-electron chi connectivity index (χ3n) is 4.21. The molecule has 0 aliphatic rings. The maximum absolute atomic E-state index is 12.8. The minimum absolute atomic E-state index is 0.338. The number of fused-ring (bicyclic) bond motifs is 1. The van der Waals surface area contributed by atoms with Gasteiger partial charge in [-0.1, -0.05) is 29.0 Å². The van der Waals surface area contributed by atoms with Crippen molar-refractivity contribution in [2.75, 3.05) is 21.3 Å². The van der Waals surface area contributed by atoms with Gasteiger partial charge in [0.25, 0.3) is 5.91 Å². The van der Waals surface area contributed by atoms with Crippen LogP contribution in [0.2, 0.25) is 5.02 Å². The van der Waals surface area contributed by atoms with Crippen molar-refractivity contribution >= 4 is 39.1 Å². The highest BCUT2D eigenvalue weighted by molar-refractivity contribution is 7.17. The summed E-state index contributed by atoms with van der Waals surface area (Å²) in [6.45, 7) is 2.00. The summed E-state index contributed by atoms with van der Waals surface area (Å²) < 4.78 is 18.7. The Morgan fingerprint density at radius 1 is 1.11 bits per heavy atom. The van der Waals surface area contributed by atoms with E-state index in [-0.39, 0.29) is 0 Å². The number of ether oxygens (including phenoxy) is 3. The van der Waals surface area contributed by atoms with Gasteiger partial charge in [-0.2, -0.15) is 4.99 Å². The van der Waals surface area contributed by atoms with Crippen molar-refractivity contribution in [3.05, 3.63) is 45.2 Å². The average Bonchev–Trinajstić information content (AvgIpc) is 3.00. The van der Waals surface area contributed by atoms with E-state index in [0.29, 0.717) is 32.6 Å². The number of benzene rings is 2. The second-order valence-electron chi connectivity index (χ2n) is 5.82. The van der Waals surface area contributed by atoms with Gasteiger partial charge in [-0.05, 0) is 30.7 Å². The second-order valence-corrected chi connectivity index (χ2v) is 7.20. The number of hydrogen-bond acceptors (Lipinski definition) is 5. The van der Waals surface area contributed by atoms with Gasteiger partial charge in [-0.3, -0.25) is 4.79 Å². The van der Waals surface area contributed by atoms with Crippen LogP contribution in [-0.4, -0.2) is 31.8 Å². The minimum Gasteiger partial charge on any atom is -0.493 e. The molecule has 1 amide bonds. The molecule has 0 atom stereocenters. The molecule has 0 saturated carbocycles. The van der Waals surface area contributed by atoms with Crippen molar-refractivity contribution in [3.63, 3.8) is 0 Å². The zero-order chi connectivity index (χ0) is 19.7. The Morgan fingerprint density at radius 3 is 2.26 bits per heavy atom. The molecule has 0 unspecified atom stereocenters. The van der Waals surface area contributed by atoms with Gasteiger partial charge in [0, 0.05) is 12.6 Å². The van der Waals surface area contributed by atoms with Crippen LogP contribution in [0.1, 0.15) is 15.9 Å². The summed E-state index contributed by atoms with van der Waals surface area (Å²) in [5.74, 6) is 0.807. The van der Waals surface area contributed by atoms with Gasteiger partial charge in [-0.25, -0.2) is 0 Å². The fraction of sp³-hybridized carbons (Fsp3) is 0.263. The third-order valence-corrected chi connectivity index (χ3v) is 5.80. The van der Waals surface area contributed by atoms with Crippen LogP contribution in [0.5, 0.6) is 17.2 Å². The average molecular weight is 407 g/mol. The number of halogens is 1. The molecule has 0 bridgehead atoms. The number of carbonyl (C=O) groups excluding carboxylic acids is 1. The summed E-state index contributed by atoms with van der Waals surface area (Å²) in [5.41, 5.74) is 2.36. The van der Waals surface area contributed by atoms with Crippen LogP contribution in [-0.2, 0) is 7.05 Å². The number of methoxy groups -OCH3 is 3. The molecule has 3 rings (SSSR count). The molecule has 0 aliphatic carbocycles. The largest absolute Gasteiger partial charge is 0.493 e. The van der Waals surface area contributed by atoms with Gasteiger partial charge in [0.1, 0.15) is 0 Å². The molecule has 8 heteroatoms. The molecule has 0 N–H and O–H groups in total. The topological polar surface area (TPSA) is 62.0 Å². The summed E-state index contributed by atoms with van der Waals surface area (Å²) in [6.07, 6.45) is 0. The molecule has 142 valence electrons. The van der Waals surface area contributed by atoms with Gasteiger partial charge in [-0.15, -0.1) is 0 Å². The SMILES string of the molecule is COc1cc(C(=O)N=c2sc3c(Cl)ccc(C)c3n2C)cc(OC)c1OC. The molecule has 1 aromatic heterocycles. The van der Waals surface area contributed by atoms with Crippen LogP contribution in [0.15, 0.2) is 29.3 Å². The first-order chi connectivity index (χ1) is 12.9. The number of rotatable bonds is 4. The van der Waals surface area contributed by atoms with E-state index in [2.05, 4.69) is 4.99 Å². The summed E-state index contributed by atoms with van der Waals surface area (Å²) in [4.78, 5) is 17.6. The number of aryl methyl sites for hydroxylation is 2. The maximum atomic E-state index is 12.8. The van der Waals surface area contributed by atoms with Crippen LogP contribution in [0.3, 0.4) is 0 Å². The Balaban J connectivity index is 2.15. The molecule has 0 fully saturated rings. The van der Waals surface area contributed by atoms with Crippen molar-refractivity contribution in [1.82, 2.24) is 4.57 Å². The number of hydrogen-bond donors (Lipinski definition) is 0. The quantitative estimate of drug-likeness (QED) is 0.657. The molecule has 0 saturated heterocycles. The van der Waals surface area contributed by atoms with Gasteiger partial charge < -0.3 is 18.8 Å². The lowest BCUT2D eigenvalue weighted by molar-refractivity contribution is 0.0997. The van der Waals surface area contributed by atoms with Gasteiger partial charge in [0.2, 0.25) is 5.75 Å². The number of aromatic nitrogens is 1. The van der Waals surface area contributed by atoms with E-state index in [4.69, 9.17) is 25.8 Å². The third kappa shape index (κ3) is 3.40. The van der Waals surface area contributed by atoms with E-state index in [9.17, 15) is 4.79 Å². The predicted octanol–water partition coefficient (Wildman–Crippen LogP) is 3.97. The van der Waals surface area contributed by atoms with Crippen LogP contribution < -0.4 is 19.0 Å². The van der Waals surface area contributed by atoms with Crippen molar-refractivity contribution in [2.45, 2.75) is 6.92 Å². The molecule has 6 nitrogen and oxygen atoms in total. The first kappa shape index (κ1) is 19.3. The van der Waals surface area contributed by atoms with Gasteiger partial charge in [0.05, 0.1) is 36.6 Å². The second kappa shape index (κ2) is 7.62. The van der Waals surface area contributed by atoms with Crippen molar-refractivity contribution in [3.8, 4) is 17.2 Å². The molecule has 0 radical (unpaired) electrons. The van der Waals surface area contributed by atoms with Crippen LogP contribution >= 0.6 is 22.9 Å². The Labute approximate surface area is 165 Å². The molecule has 2 aromatic carbocycles. The molecule has 0 aliphatic heterocycles. The Morgan fingerprint density at radius 2 is 1.74 bits per heavy atom. The highest BCUT2D eigenvalue weighted by Crippen LogP contribution is 2.38. The molecule has 1 heterocycles. The van der Waals surface area contributed by atoms with E-state index in [1.807, 2.05) is 30.7 Å². The Hall–Kier alpha value is -2.51. The molecular weight excluding hydrogens is 388 g/mol. The number of carbonyl (C=O) groups is 1. The first-order valence-corrected chi connectivity index (χ1v) is 9.24.